The molecule has 1 atom stereocenters. The summed E-state index contributed by atoms with van der Waals surface area (Å²) in [5.41, 5.74) is 1.15. The molecule has 45 heavy (non-hydrogen) atoms. The zero-order chi connectivity index (χ0) is 32.8. The minimum Gasteiger partial charge on any atom is -0.352 e. The van der Waals surface area contributed by atoms with E-state index in [-0.39, 0.29) is 35.5 Å². The summed E-state index contributed by atoms with van der Waals surface area (Å²) in [4.78, 5) is 29.0. The molecule has 11 heteroatoms. The predicted molar refractivity (Wildman–Crippen MR) is 168 cm³/mol. The molecule has 1 N–H and O–H groups in total. The van der Waals surface area contributed by atoms with Gasteiger partial charge >= 0.3 is 6.18 Å². The Labute approximate surface area is 263 Å². The van der Waals surface area contributed by atoms with E-state index in [1.165, 1.54) is 23.1 Å². The van der Waals surface area contributed by atoms with Crippen LogP contribution in [0.25, 0.3) is 0 Å². The lowest BCUT2D eigenvalue weighted by atomic mass is 9.95. The molecular formula is C34H40F3N3O4S. The van der Waals surface area contributed by atoms with Gasteiger partial charge in [0.15, 0.2) is 0 Å². The number of halogens is 3. The molecule has 4 rings (SSSR count). The van der Waals surface area contributed by atoms with Gasteiger partial charge < -0.3 is 10.2 Å². The van der Waals surface area contributed by atoms with Gasteiger partial charge in [0.1, 0.15) is 12.6 Å². The summed E-state index contributed by atoms with van der Waals surface area (Å²) in [5.74, 6) is -1.05. The van der Waals surface area contributed by atoms with Gasteiger partial charge in [0, 0.05) is 12.6 Å². The molecule has 242 valence electrons. The van der Waals surface area contributed by atoms with E-state index in [9.17, 15) is 31.2 Å². The fourth-order valence-electron chi connectivity index (χ4n) is 5.56. The summed E-state index contributed by atoms with van der Waals surface area (Å²) < 4.78 is 69.8. The molecule has 0 aliphatic heterocycles. The SMILES string of the molecule is CCC(C(=O)NC1CCCCC1)N(Cc1ccc(C)cc1)C(=O)CN(c1cccc(C(F)(F)F)c1)S(=O)(=O)c1ccc(C)cc1. The van der Waals surface area contributed by atoms with Crippen LogP contribution in [-0.4, -0.2) is 43.8 Å². The topological polar surface area (TPSA) is 86.8 Å². The van der Waals surface area contributed by atoms with Crippen molar-refractivity contribution in [3.8, 4) is 0 Å². The monoisotopic (exact) mass is 643 g/mol. The van der Waals surface area contributed by atoms with Gasteiger partial charge in [0.25, 0.3) is 10.0 Å². The maximum absolute atomic E-state index is 14.2. The molecule has 3 aromatic rings. The first-order valence-electron chi connectivity index (χ1n) is 15.2. The van der Waals surface area contributed by atoms with Gasteiger partial charge in [-0.25, -0.2) is 8.42 Å². The summed E-state index contributed by atoms with van der Waals surface area (Å²) in [5, 5.41) is 3.08. The smallest absolute Gasteiger partial charge is 0.352 e. The van der Waals surface area contributed by atoms with E-state index in [4.69, 9.17) is 0 Å². The fraction of sp³-hybridized carbons (Fsp3) is 0.412. The summed E-state index contributed by atoms with van der Waals surface area (Å²) >= 11 is 0. The molecule has 2 amide bonds. The first-order chi connectivity index (χ1) is 21.3. The average molecular weight is 644 g/mol. The van der Waals surface area contributed by atoms with Crippen molar-refractivity contribution < 1.29 is 31.2 Å². The van der Waals surface area contributed by atoms with Crippen LogP contribution < -0.4 is 9.62 Å². The van der Waals surface area contributed by atoms with Gasteiger partial charge in [-0.1, -0.05) is 79.8 Å². The number of hydrogen-bond donors (Lipinski definition) is 1. The van der Waals surface area contributed by atoms with E-state index in [0.29, 0.717) is 4.31 Å². The Bertz CT molecular complexity index is 1570. The standard InChI is InChI=1S/C34H40F3N3O4S/c1-4-31(33(42)38-28-10-6-5-7-11-28)39(22-26-17-13-24(2)14-18-26)32(41)23-40(29-12-8-9-27(21-29)34(35,36)37)45(43,44)30-19-15-25(3)16-20-30/h8-9,12-21,28,31H,4-7,10-11,22-23H2,1-3H3,(H,38,42). The second kappa shape index (κ2) is 14.5. The van der Waals surface area contributed by atoms with Crippen molar-refractivity contribution in [3.05, 3.63) is 95.1 Å². The van der Waals surface area contributed by atoms with Crippen LogP contribution in [0.1, 0.15) is 67.7 Å². The zero-order valence-corrected chi connectivity index (χ0v) is 26.6. The lowest BCUT2D eigenvalue weighted by Crippen LogP contribution is -2.54. The van der Waals surface area contributed by atoms with Crippen molar-refractivity contribution in [2.75, 3.05) is 10.8 Å². The summed E-state index contributed by atoms with van der Waals surface area (Å²) in [6, 6.07) is 16.2. The van der Waals surface area contributed by atoms with E-state index in [1.807, 2.05) is 31.2 Å². The van der Waals surface area contributed by atoms with Crippen LogP contribution in [0.4, 0.5) is 18.9 Å². The van der Waals surface area contributed by atoms with Crippen LogP contribution in [0.2, 0.25) is 0 Å². The van der Waals surface area contributed by atoms with E-state index >= 15 is 0 Å². The highest BCUT2D eigenvalue weighted by molar-refractivity contribution is 7.92. The summed E-state index contributed by atoms with van der Waals surface area (Å²) in [6.07, 6.45) is 0.291. The van der Waals surface area contributed by atoms with Crippen LogP contribution in [0.5, 0.6) is 0 Å². The first kappa shape index (κ1) is 34.0. The van der Waals surface area contributed by atoms with Crippen molar-refractivity contribution in [2.24, 2.45) is 0 Å². The Morgan fingerprint density at radius 2 is 1.51 bits per heavy atom. The van der Waals surface area contributed by atoms with Gasteiger partial charge in [0.2, 0.25) is 11.8 Å². The molecule has 1 unspecified atom stereocenters. The number of aryl methyl sites for hydroxylation is 2. The Kier molecular flexibility index (Phi) is 11.0. The number of rotatable bonds is 11. The van der Waals surface area contributed by atoms with Crippen molar-refractivity contribution >= 4 is 27.5 Å². The highest BCUT2D eigenvalue weighted by atomic mass is 32.2. The van der Waals surface area contributed by atoms with Gasteiger partial charge in [0.05, 0.1) is 16.1 Å². The normalized spacial score (nSPS) is 14.9. The van der Waals surface area contributed by atoms with Gasteiger partial charge in [-0.2, -0.15) is 13.2 Å². The number of amides is 2. The largest absolute Gasteiger partial charge is 0.416 e. The van der Waals surface area contributed by atoms with E-state index in [2.05, 4.69) is 5.32 Å². The van der Waals surface area contributed by atoms with E-state index in [0.717, 1.165) is 67.0 Å². The number of nitrogens with zero attached hydrogens (tertiary/aromatic N) is 2. The van der Waals surface area contributed by atoms with E-state index < -0.39 is 40.3 Å². The van der Waals surface area contributed by atoms with Crippen molar-refractivity contribution in [1.29, 1.82) is 0 Å². The summed E-state index contributed by atoms with van der Waals surface area (Å²) in [7, 11) is -4.50. The fourth-order valence-corrected chi connectivity index (χ4v) is 6.96. The quantitative estimate of drug-likeness (QED) is 0.250. The number of alkyl halides is 3. The van der Waals surface area contributed by atoms with Crippen molar-refractivity contribution in [2.45, 2.75) is 89.0 Å². The van der Waals surface area contributed by atoms with Crippen LogP contribution in [-0.2, 0) is 32.3 Å². The molecule has 1 saturated carbocycles. The highest BCUT2D eigenvalue weighted by Gasteiger charge is 2.36. The Morgan fingerprint density at radius 3 is 2.09 bits per heavy atom. The third-order valence-corrected chi connectivity index (χ3v) is 9.95. The lowest BCUT2D eigenvalue weighted by molar-refractivity contribution is -0.140. The number of anilines is 1. The lowest BCUT2D eigenvalue weighted by Gasteiger charge is -2.34. The number of hydrogen-bond acceptors (Lipinski definition) is 4. The minimum absolute atomic E-state index is 0.0106. The van der Waals surface area contributed by atoms with Gasteiger partial charge in [-0.05, 0) is 69.0 Å². The molecular weight excluding hydrogens is 603 g/mol. The van der Waals surface area contributed by atoms with Crippen LogP contribution in [0.3, 0.4) is 0 Å². The zero-order valence-electron chi connectivity index (χ0n) is 25.8. The number of carbonyl (C=O) groups is 2. The number of nitrogens with one attached hydrogen (secondary N) is 1. The molecule has 1 aliphatic carbocycles. The Hall–Kier alpha value is -3.86. The second-order valence-electron chi connectivity index (χ2n) is 11.6. The van der Waals surface area contributed by atoms with Gasteiger partial charge in [-0.15, -0.1) is 0 Å². The average Bonchev–Trinajstić information content (AvgIpc) is 3.01. The number of sulfonamides is 1. The van der Waals surface area contributed by atoms with Gasteiger partial charge in [-0.3, -0.25) is 13.9 Å². The predicted octanol–water partition coefficient (Wildman–Crippen LogP) is 6.77. The molecule has 7 nitrogen and oxygen atoms in total. The first-order valence-corrected chi connectivity index (χ1v) is 16.7. The highest BCUT2D eigenvalue weighted by Crippen LogP contribution is 2.33. The molecule has 0 spiro atoms. The van der Waals surface area contributed by atoms with Crippen LogP contribution in [0, 0.1) is 13.8 Å². The molecule has 0 radical (unpaired) electrons. The second-order valence-corrected chi connectivity index (χ2v) is 13.5. The van der Waals surface area contributed by atoms with E-state index in [1.54, 1.807) is 26.0 Å². The molecule has 3 aromatic carbocycles. The third kappa shape index (κ3) is 8.65. The van der Waals surface area contributed by atoms with Crippen molar-refractivity contribution in [1.82, 2.24) is 10.2 Å². The molecule has 1 aliphatic rings. The molecule has 0 aromatic heterocycles. The Balaban J connectivity index is 1.75. The molecule has 0 saturated heterocycles. The Morgan fingerprint density at radius 1 is 0.911 bits per heavy atom. The third-order valence-electron chi connectivity index (χ3n) is 8.16. The maximum Gasteiger partial charge on any atom is 0.416 e. The number of carbonyl (C=O) groups excluding carboxylic acids is 2. The number of benzene rings is 3. The summed E-state index contributed by atoms with van der Waals surface area (Å²) in [6.45, 7) is 4.67. The van der Waals surface area contributed by atoms with Crippen LogP contribution in [0.15, 0.2) is 77.7 Å². The van der Waals surface area contributed by atoms with Crippen LogP contribution >= 0.6 is 0 Å². The minimum atomic E-state index is -4.73. The van der Waals surface area contributed by atoms with Crippen molar-refractivity contribution in [3.63, 3.8) is 0 Å². The molecule has 0 heterocycles. The molecule has 0 bridgehead atoms. The molecule has 1 fully saturated rings. The maximum atomic E-state index is 14.2.